The number of carbonyl (C=O) groups is 1. The molecule has 0 unspecified atom stereocenters. The highest BCUT2D eigenvalue weighted by Gasteiger charge is 2.34. The molecule has 0 radical (unpaired) electrons. The Morgan fingerprint density at radius 3 is 2.27 bits per heavy atom. The molecule has 5 heteroatoms. The molecule has 5 nitrogen and oxygen atoms in total. The van der Waals surface area contributed by atoms with Gasteiger partial charge in [0, 0.05) is 23.7 Å². The van der Waals surface area contributed by atoms with Crippen molar-refractivity contribution in [3.05, 3.63) is 70.3 Å². The van der Waals surface area contributed by atoms with E-state index >= 15 is 0 Å². The van der Waals surface area contributed by atoms with Crippen LogP contribution in [0.1, 0.15) is 18.4 Å². The number of nitrogens with zero attached hydrogens (tertiary/aromatic N) is 2. The van der Waals surface area contributed by atoms with E-state index in [-0.39, 0.29) is 17.5 Å². The molecule has 0 bridgehead atoms. The lowest BCUT2D eigenvalue weighted by Crippen LogP contribution is -2.31. The Morgan fingerprint density at radius 2 is 1.73 bits per heavy atom. The van der Waals surface area contributed by atoms with Crippen molar-refractivity contribution in [3.63, 3.8) is 0 Å². The van der Waals surface area contributed by atoms with Gasteiger partial charge >= 0.3 is 0 Å². The summed E-state index contributed by atoms with van der Waals surface area (Å²) in [5.41, 5.74) is 1.80. The van der Waals surface area contributed by atoms with Crippen molar-refractivity contribution in [2.75, 3.05) is 4.90 Å². The topological polar surface area (TPSA) is 63.5 Å². The van der Waals surface area contributed by atoms with Gasteiger partial charge in [-0.05, 0) is 30.5 Å². The third-order valence-electron chi connectivity index (χ3n) is 3.75. The first kappa shape index (κ1) is 14.3. The molecule has 0 aliphatic heterocycles. The quantitative estimate of drug-likeness (QED) is 0.626. The maximum atomic E-state index is 12.5. The van der Waals surface area contributed by atoms with E-state index in [0.29, 0.717) is 6.54 Å². The highest BCUT2D eigenvalue weighted by molar-refractivity contribution is 5.96. The number of rotatable bonds is 5. The minimum Gasteiger partial charge on any atom is -0.308 e. The maximum absolute atomic E-state index is 12.5. The molecular formula is C17H16N2O3. The van der Waals surface area contributed by atoms with Crippen LogP contribution in [0.5, 0.6) is 0 Å². The molecule has 1 amide bonds. The van der Waals surface area contributed by atoms with Gasteiger partial charge in [-0.3, -0.25) is 14.9 Å². The molecule has 22 heavy (non-hydrogen) atoms. The summed E-state index contributed by atoms with van der Waals surface area (Å²) in [4.78, 5) is 24.5. The largest absolute Gasteiger partial charge is 0.308 e. The molecular weight excluding hydrogens is 280 g/mol. The van der Waals surface area contributed by atoms with Gasteiger partial charge in [0.2, 0.25) is 5.91 Å². The van der Waals surface area contributed by atoms with Crippen LogP contribution in [0.3, 0.4) is 0 Å². The van der Waals surface area contributed by atoms with Gasteiger partial charge in [0.15, 0.2) is 0 Å². The van der Waals surface area contributed by atoms with E-state index in [0.717, 1.165) is 24.1 Å². The van der Waals surface area contributed by atoms with E-state index in [2.05, 4.69) is 0 Å². The number of amides is 1. The Bertz CT molecular complexity index is 679. The van der Waals surface area contributed by atoms with Crippen LogP contribution >= 0.6 is 0 Å². The summed E-state index contributed by atoms with van der Waals surface area (Å²) in [5, 5.41) is 10.7. The third kappa shape index (κ3) is 3.14. The van der Waals surface area contributed by atoms with Gasteiger partial charge in [0.1, 0.15) is 0 Å². The zero-order valence-corrected chi connectivity index (χ0v) is 12.0. The predicted octanol–water partition coefficient (Wildman–Crippen LogP) is 3.54. The van der Waals surface area contributed by atoms with Gasteiger partial charge in [0.25, 0.3) is 5.69 Å². The number of carbonyl (C=O) groups excluding carboxylic acids is 1. The second-order valence-corrected chi connectivity index (χ2v) is 5.46. The summed E-state index contributed by atoms with van der Waals surface area (Å²) in [6.07, 6.45) is 1.89. The lowest BCUT2D eigenvalue weighted by molar-refractivity contribution is -0.384. The summed E-state index contributed by atoms with van der Waals surface area (Å²) >= 11 is 0. The van der Waals surface area contributed by atoms with Crippen LogP contribution in [0.15, 0.2) is 54.6 Å². The second kappa shape index (κ2) is 5.97. The molecule has 1 aliphatic carbocycles. The van der Waals surface area contributed by atoms with Crippen LogP contribution in [0, 0.1) is 16.0 Å². The van der Waals surface area contributed by atoms with Crippen LogP contribution in [0.25, 0.3) is 0 Å². The molecule has 1 aliphatic rings. The molecule has 1 fully saturated rings. The van der Waals surface area contributed by atoms with Crippen molar-refractivity contribution in [1.29, 1.82) is 0 Å². The summed E-state index contributed by atoms with van der Waals surface area (Å²) in [6.45, 7) is 0.428. The molecule has 0 spiro atoms. The average molecular weight is 296 g/mol. The van der Waals surface area contributed by atoms with E-state index in [9.17, 15) is 14.9 Å². The number of nitro benzene ring substituents is 1. The van der Waals surface area contributed by atoms with Crippen LogP contribution < -0.4 is 4.90 Å². The lowest BCUT2D eigenvalue weighted by atomic mass is 10.1. The fourth-order valence-electron chi connectivity index (χ4n) is 2.36. The van der Waals surface area contributed by atoms with Crippen molar-refractivity contribution in [2.24, 2.45) is 5.92 Å². The van der Waals surface area contributed by atoms with E-state index in [4.69, 9.17) is 0 Å². The zero-order chi connectivity index (χ0) is 15.5. The molecule has 0 heterocycles. The average Bonchev–Trinajstić information content (AvgIpc) is 3.38. The SMILES string of the molecule is O=C(C1CC1)N(Cc1ccc([N+](=O)[O-])cc1)c1ccccc1. The number of non-ortho nitro benzene ring substituents is 1. The Kier molecular flexibility index (Phi) is 3.87. The van der Waals surface area contributed by atoms with E-state index in [1.165, 1.54) is 12.1 Å². The molecule has 3 rings (SSSR count). The van der Waals surface area contributed by atoms with Crippen LogP contribution in [-0.4, -0.2) is 10.8 Å². The van der Waals surface area contributed by atoms with Gasteiger partial charge in [-0.15, -0.1) is 0 Å². The molecule has 112 valence electrons. The van der Waals surface area contributed by atoms with Crippen molar-refractivity contribution in [1.82, 2.24) is 0 Å². The van der Waals surface area contributed by atoms with E-state index < -0.39 is 4.92 Å². The number of anilines is 1. The summed E-state index contributed by atoms with van der Waals surface area (Å²) in [6, 6.07) is 15.9. The van der Waals surface area contributed by atoms with Crippen LogP contribution in [0.2, 0.25) is 0 Å². The Morgan fingerprint density at radius 1 is 1.09 bits per heavy atom. The van der Waals surface area contributed by atoms with Crippen molar-refractivity contribution >= 4 is 17.3 Å². The van der Waals surface area contributed by atoms with Crippen LogP contribution in [-0.2, 0) is 11.3 Å². The number of hydrogen-bond acceptors (Lipinski definition) is 3. The van der Waals surface area contributed by atoms with E-state index in [1.807, 2.05) is 30.3 Å². The van der Waals surface area contributed by atoms with Crippen molar-refractivity contribution < 1.29 is 9.72 Å². The first-order valence-corrected chi connectivity index (χ1v) is 7.25. The fraction of sp³-hybridized carbons (Fsp3) is 0.235. The predicted molar refractivity (Wildman–Crippen MR) is 83.5 cm³/mol. The third-order valence-corrected chi connectivity index (χ3v) is 3.75. The smallest absolute Gasteiger partial charge is 0.269 e. The monoisotopic (exact) mass is 296 g/mol. The number of hydrogen-bond donors (Lipinski definition) is 0. The van der Waals surface area contributed by atoms with Gasteiger partial charge in [-0.1, -0.05) is 30.3 Å². The van der Waals surface area contributed by atoms with Gasteiger partial charge in [-0.25, -0.2) is 0 Å². The first-order chi connectivity index (χ1) is 10.6. The fourth-order valence-corrected chi connectivity index (χ4v) is 2.36. The highest BCUT2D eigenvalue weighted by Crippen LogP contribution is 2.33. The number of para-hydroxylation sites is 1. The van der Waals surface area contributed by atoms with Gasteiger partial charge in [-0.2, -0.15) is 0 Å². The van der Waals surface area contributed by atoms with Crippen molar-refractivity contribution in [3.8, 4) is 0 Å². The number of nitro groups is 1. The molecule has 2 aromatic carbocycles. The summed E-state index contributed by atoms with van der Waals surface area (Å²) < 4.78 is 0. The molecule has 0 saturated heterocycles. The summed E-state index contributed by atoms with van der Waals surface area (Å²) in [7, 11) is 0. The Labute approximate surface area is 128 Å². The Balaban J connectivity index is 1.83. The van der Waals surface area contributed by atoms with Crippen molar-refractivity contribution in [2.45, 2.75) is 19.4 Å². The summed E-state index contributed by atoms with van der Waals surface area (Å²) in [5.74, 6) is 0.253. The first-order valence-electron chi connectivity index (χ1n) is 7.25. The normalized spacial score (nSPS) is 13.6. The maximum Gasteiger partial charge on any atom is 0.269 e. The molecule has 0 atom stereocenters. The minimum atomic E-state index is -0.423. The molecule has 0 N–H and O–H groups in total. The molecule has 0 aromatic heterocycles. The number of benzene rings is 2. The second-order valence-electron chi connectivity index (χ2n) is 5.46. The minimum absolute atomic E-state index is 0.0588. The van der Waals surface area contributed by atoms with Gasteiger partial charge in [0.05, 0.1) is 11.5 Å². The molecule has 1 saturated carbocycles. The standard InChI is InChI=1S/C17H16N2O3/c20-17(14-8-9-14)18(15-4-2-1-3-5-15)12-13-6-10-16(11-7-13)19(21)22/h1-7,10-11,14H,8-9,12H2. The Hall–Kier alpha value is -2.69. The molecule has 2 aromatic rings. The van der Waals surface area contributed by atoms with E-state index in [1.54, 1.807) is 17.0 Å². The highest BCUT2D eigenvalue weighted by atomic mass is 16.6. The zero-order valence-electron chi connectivity index (χ0n) is 12.0. The van der Waals surface area contributed by atoms with Gasteiger partial charge < -0.3 is 4.90 Å². The lowest BCUT2D eigenvalue weighted by Gasteiger charge is -2.23. The van der Waals surface area contributed by atoms with Crippen LogP contribution in [0.4, 0.5) is 11.4 Å².